The third-order valence-corrected chi connectivity index (χ3v) is 4.05. The van der Waals surface area contributed by atoms with E-state index in [0.717, 1.165) is 43.6 Å². The van der Waals surface area contributed by atoms with Crippen LogP contribution in [0.4, 0.5) is 0 Å². The standard InChI is InChI=1S/C16H29N3O/c1-4-6-7-8-9-10-16-18-12-14-19(16,5-2)13-11-17-15(3)20/h9-10H,4-8,11-14H2,1-3H3/p+1/b10-9+. The van der Waals surface area contributed by atoms with Crippen LogP contribution in [0.1, 0.15) is 46.5 Å². The molecule has 0 aromatic carbocycles. The topological polar surface area (TPSA) is 41.5 Å². The lowest BCUT2D eigenvalue weighted by Gasteiger charge is -2.32. The van der Waals surface area contributed by atoms with Gasteiger partial charge in [-0.2, -0.15) is 0 Å². The Kier molecular flexibility index (Phi) is 7.52. The minimum Gasteiger partial charge on any atom is -0.351 e. The zero-order valence-corrected chi connectivity index (χ0v) is 13.3. The van der Waals surface area contributed by atoms with Crippen molar-refractivity contribution in [2.24, 2.45) is 4.99 Å². The second-order valence-corrected chi connectivity index (χ2v) is 5.53. The number of nitrogens with one attached hydrogen (secondary N) is 1. The number of rotatable bonds is 9. The van der Waals surface area contributed by atoms with Gasteiger partial charge in [0.2, 0.25) is 11.7 Å². The molecule has 0 aliphatic carbocycles. The number of allylic oxidation sites excluding steroid dienone is 1. The van der Waals surface area contributed by atoms with E-state index in [1.165, 1.54) is 25.1 Å². The maximum atomic E-state index is 11.0. The minimum atomic E-state index is 0.0482. The van der Waals surface area contributed by atoms with Gasteiger partial charge in [-0.1, -0.05) is 25.8 Å². The van der Waals surface area contributed by atoms with Crippen molar-refractivity contribution in [1.82, 2.24) is 5.32 Å². The van der Waals surface area contributed by atoms with Crippen molar-refractivity contribution < 1.29 is 9.28 Å². The Morgan fingerprint density at radius 1 is 1.40 bits per heavy atom. The van der Waals surface area contributed by atoms with E-state index in [-0.39, 0.29) is 5.91 Å². The molecule has 1 heterocycles. The van der Waals surface area contributed by atoms with Crippen LogP contribution in [-0.2, 0) is 4.79 Å². The second kappa shape index (κ2) is 8.90. The van der Waals surface area contributed by atoms with Crippen LogP contribution in [0.15, 0.2) is 17.1 Å². The van der Waals surface area contributed by atoms with Gasteiger partial charge >= 0.3 is 0 Å². The molecule has 1 amide bonds. The van der Waals surface area contributed by atoms with Crippen molar-refractivity contribution in [2.45, 2.75) is 46.5 Å². The summed E-state index contributed by atoms with van der Waals surface area (Å²) in [6, 6.07) is 0. The van der Waals surface area contributed by atoms with E-state index in [2.05, 4.69) is 36.3 Å². The fourth-order valence-corrected chi connectivity index (χ4v) is 2.68. The van der Waals surface area contributed by atoms with E-state index < -0.39 is 0 Å². The molecule has 1 rings (SSSR count). The number of hydrogen-bond acceptors (Lipinski definition) is 2. The highest BCUT2D eigenvalue weighted by Crippen LogP contribution is 2.16. The van der Waals surface area contributed by atoms with Gasteiger partial charge in [0.1, 0.15) is 13.1 Å². The van der Waals surface area contributed by atoms with Crippen molar-refractivity contribution in [3.63, 3.8) is 0 Å². The normalized spacial score (nSPS) is 22.2. The number of carbonyl (C=O) groups is 1. The van der Waals surface area contributed by atoms with Gasteiger partial charge in [-0.3, -0.25) is 9.28 Å². The Labute approximate surface area is 123 Å². The first-order valence-electron chi connectivity index (χ1n) is 7.96. The average Bonchev–Trinajstić information content (AvgIpc) is 2.82. The van der Waals surface area contributed by atoms with E-state index in [4.69, 9.17) is 0 Å². The van der Waals surface area contributed by atoms with Crippen LogP contribution in [0.3, 0.4) is 0 Å². The molecule has 1 atom stereocenters. The largest absolute Gasteiger partial charge is 0.351 e. The number of amidine groups is 1. The van der Waals surface area contributed by atoms with E-state index in [9.17, 15) is 4.79 Å². The van der Waals surface area contributed by atoms with Crippen molar-refractivity contribution in [3.05, 3.63) is 12.2 Å². The fourth-order valence-electron chi connectivity index (χ4n) is 2.68. The lowest BCUT2D eigenvalue weighted by molar-refractivity contribution is -0.830. The predicted molar refractivity (Wildman–Crippen MR) is 84.8 cm³/mol. The summed E-state index contributed by atoms with van der Waals surface area (Å²) < 4.78 is 0.907. The summed E-state index contributed by atoms with van der Waals surface area (Å²) in [5, 5.41) is 2.90. The summed E-state index contributed by atoms with van der Waals surface area (Å²) in [6.45, 7) is 10.7. The highest BCUT2D eigenvalue weighted by atomic mass is 16.1. The Bertz CT molecular complexity index is 363. The molecule has 20 heavy (non-hydrogen) atoms. The Morgan fingerprint density at radius 3 is 2.85 bits per heavy atom. The highest BCUT2D eigenvalue weighted by Gasteiger charge is 2.34. The molecule has 0 aromatic rings. The molecule has 1 N–H and O–H groups in total. The number of aliphatic imine (C=N–C) groups is 1. The lowest BCUT2D eigenvalue weighted by Crippen LogP contribution is -2.53. The van der Waals surface area contributed by atoms with Gasteiger partial charge in [0, 0.05) is 13.0 Å². The van der Waals surface area contributed by atoms with Gasteiger partial charge in [-0.15, -0.1) is 0 Å². The first kappa shape index (κ1) is 16.9. The van der Waals surface area contributed by atoms with Crippen LogP contribution in [0.25, 0.3) is 0 Å². The van der Waals surface area contributed by atoms with Crippen LogP contribution in [0, 0.1) is 0 Å². The maximum Gasteiger partial charge on any atom is 0.222 e. The predicted octanol–water partition coefficient (Wildman–Crippen LogP) is 2.51. The SMILES string of the molecule is CCCCC/C=C/C1=NCC[N+]1(CC)CCNC(C)=O. The molecular formula is C16H30N3O+. The van der Waals surface area contributed by atoms with Crippen LogP contribution in [0.5, 0.6) is 0 Å². The highest BCUT2D eigenvalue weighted by molar-refractivity contribution is 5.88. The smallest absolute Gasteiger partial charge is 0.222 e. The van der Waals surface area contributed by atoms with E-state index in [1.54, 1.807) is 6.92 Å². The van der Waals surface area contributed by atoms with Crippen molar-refractivity contribution in [3.8, 4) is 0 Å². The molecule has 0 radical (unpaired) electrons. The summed E-state index contributed by atoms with van der Waals surface area (Å²) in [5.74, 6) is 1.24. The number of unbranched alkanes of at least 4 members (excludes halogenated alkanes) is 3. The van der Waals surface area contributed by atoms with Crippen LogP contribution in [0.2, 0.25) is 0 Å². The molecule has 4 heteroatoms. The summed E-state index contributed by atoms with van der Waals surface area (Å²) in [6.07, 6.45) is 9.44. The number of hydrogen-bond donors (Lipinski definition) is 1. The molecular weight excluding hydrogens is 250 g/mol. The van der Waals surface area contributed by atoms with Gasteiger partial charge in [-0.05, 0) is 19.8 Å². The Morgan fingerprint density at radius 2 is 2.20 bits per heavy atom. The van der Waals surface area contributed by atoms with Gasteiger partial charge in [-0.25, -0.2) is 4.99 Å². The van der Waals surface area contributed by atoms with Crippen LogP contribution < -0.4 is 5.32 Å². The zero-order chi connectivity index (χ0) is 14.8. The average molecular weight is 280 g/mol. The number of carbonyl (C=O) groups excluding carboxylic acids is 1. The quantitative estimate of drug-likeness (QED) is 0.512. The van der Waals surface area contributed by atoms with Gasteiger partial charge in [0.15, 0.2) is 0 Å². The number of nitrogens with zero attached hydrogens (tertiary/aromatic N) is 2. The minimum absolute atomic E-state index is 0.0482. The van der Waals surface area contributed by atoms with E-state index in [0.29, 0.717) is 0 Å². The number of likely N-dealkylation sites (N-methyl/N-ethyl adjacent to an activating group) is 1. The summed E-state index contributed by atoms with van der Waals surface area (Å²) in [7, 11) is 0. The third-order valence-electron chi connectivity index (χ3n) is 4.05. The van der Waals surface area contributed by atoms with Crippen molar-refractivity contribution >= 4 is 11.7 Å². The van der Waals surface area contributed by atoms with Gasteiger partial charge < -0.3 is 5.32 Å². The third kappa shape index (κ3) is 5.08. The molecule has 4 nitrogen and oxygen atoms in total. The van der Waals surface area contributed by atoms with Crippen molar-refractivity contribution in [1.29, 1.82) is 0 Å². The zero-order valence-electron chi connectivity index (χ0n) is 13.3. The van der Waals surface area contributed by atoms with Gasteiger partial charge in [0.05, 0.1) is 19.6 Å². The molecule has 0 spiro atoms. The Balaban J connectivity index is 2.52. The molecule has 0 aromatic heterocycles. The fraction of sp³-hybridized carbons (Fsp3) is 0.750. The Hall–Kier alpha value is -1.16. The maximum absolute atomic E-state index is 11.0. The second-order valence-electron chi connectivity index (χ2n) is 5.53. The molecule has 1 aliphatic heterocycles. The van der Waals surface area contributed by atoms with Crippen LogP contribution in [-0.4, -0.2) is 48.9 Å². The lowest BCUT2D eigenvalue weighted by atomic mass is 10.2. The van der Waals surface area contributed by atoms with Crippen molar-refractivity contribution in [2.75, 3.05) is 32.7 Å². The van der Waals surface area contributed by atoms with E-state index in [1.807, 2.05) is 0 Å². The first-order valence-corrected chi connectivity index (χ1v) is 7.96. The van der Waals surface area contributed by atoms with E-state index >= 15 is 0 Å². The van der Waals surface area contributed by atoms with Gasteiger partial charge in [0.25, 0.3) is 0 Å². The first-order chi connectivity index (χ1) is 9.64. The molecule has 114 valence electrons. The summed E-state index contributed by atoms with van der Waals surface area (Å²) in [5.41, 5.74) is 0. The monoisotopic (exact) mass is 280 g/mol. The summed E-state index contributed by atoms with van der Waals surface area (Å²) in [4.78, 5) is 15.7. The van der Waals surface area contributed by atoms with Crippen LogP contribution >= 0.6 is 0 Å². The molecule has 0 fully saturated rings. The molecule has 0 bridgehead atoms. The molecule has 1 aliphatic rings. The molecule has 0 saturated heterocycles. The molecule has 0 saturated carbocycles. The number of amides is 1. The molecule has 1 unspecified atom stereocenters. The summed E-state index contributed by atoms with van der Waals surface area (Å²) >= 11 is 0. The number of quaternary nitrogens is 1.